The Hall–Kier alpha value is -2.57. The zero-order valence-electron chi connectivity index (χ0n) is 15.5. The number of nitrogens with zero attached hydrogens (tertiary/aromatic N) is 2. The van der Waals surface area contributed by atoms with E-state index in [0.29, 0.717) is 12.5 Å². The second kappa shape index (κ2) is 10.4. The molecule has 0 aliphatic carbocycles. The Morgan fingerprint density at radius 1 is 1.19 bits per heavy atom. The number of esters is 1. The lowest BCUT2D eigenvalue weighted by Crippen LogP contribution is -2.47. The van der Waals surface area contributed by atoms with Gasteiger partial charge in [0.2, 0.25) is 5.91 Å². The molecule has 1 amide bonds. The highest BCUT2D eigenvalue weighted by atomic mass is 16.5. The Labute approximate surface area is 154 Å². The normalized spacial score (nSPS) is 15.5. The summed E-state index contributed by atoms with van der Waals surface area (Å²) in [4.78, 5) is 30.2. The molecule has 1 aromatic rings. The summed E-state index contributed by atoms with van der Waals surface area (Å²) in [5, 5.41) is 6.09. The smallest absolute Gasteiger partial charge is 0.308 e. The maximum absolute atomic E-state index is 12.1. The number of aliphatic imine (C=N–C) groups is 1. The van der Waals surface area contributed by atoms with Gasteiger partial charge in [0.25, 0.3) is 0 Å². The number of carbonyl (C=O) groups excluding carboxylic acids is 2. The van der Waals surface area contributed by atoms with E-state index in [1.165, 1.54) is 7.11 Å². The highest BCUT2D eigenvalue weighted by Crippen LogP contribution is 2.18. The second-order valence-corrected chi connectivity index (χ2v) is 6.22. The first-order valence-electron chi connectivity index (χ1n) is 9.05. The quantitative estimate of drug-likeness (QED) is 0.452. The monoisotopic (exact) mass is 360 g/mol. The van der Waals surface area contributed by atoms with Gasteiger partial charge in [-0.2, -0.15) is 0 Å². The molecule has 0 saturated carbocycles. The number of likely N-dealkylation sites (tertiary alicyclic amines) is 1. The van der Waals surface area contributed by atoms with Gasteiger partial charge in [0.05, 0.1) is 13.0 Å². The van der Waals surface area contributed by atoms with Crippen LogP contribution in [0, 0.1) is 5.92 Å². The van der Waals surface area contributed by atoms with Gasteiger partial charge in [-0.3, -0.25) is 9.59 Å². The Bertz CT molecular complexity index is 610. The molecule has 1 fully saturated rings. The van der Waals surface area contributed by atoms with Gasteiger partial charge in [-0.05, 0) is 25.3 Å². The number of nitrogens with one attached hydrogen (secondary N) is 2. The minimum absolute atomic E-state index is 0.0479. The van der Waals surface area contributed by atoms with Gasteiger partial charge < -0.3 is 20.3 Å². The van der Waals surface area contributed by atoms with Crippen molar-refractivity contribution >= 4 is 17.8 Å². The molecule has 1 aromatic carbocycles. The molecule has 2 N–H and O–H groups in total. The van der Waals surface area contributed by atoms with Gasteiger partial charge >= 0.3 is 5.97 Å². The molecule has 0 aromatic heterocycles. The zero-order chi connectivity index (χ0) is 18.8. The lowest BCUT2D eigenvalue weighted by Gasteiger charge is -2.33. The van der Waals surface area contributed by atoms with Crippen molar-refractivity contribution in [1.82, 2.24) is 15.5 Å². The number of hydrogen-bond donors (Lipinski definition) is 2. The van der Waals surface area contributed by atoms with E-state index in [4.69, 9.17) is 4.74 Å². The number of guanidine groups is 1. The van der Waals surface area contributed by atoms with Crippen molar-refractivity contribution in [3.8, 4) is 0 Å². The van der Waals surface area contributed by atoms with Gasteiger partial charge in [0, 0.05) is 26.2 Å². The number of amides is 1. The van der Waals surface area contributed by atoms with Crippen molar-refractivity contribution in [3.05, 3.63) is 35.9 Å². The van der Waals surface area contributed by atoms with Crippen LogP contribution in [0.3, 0.4) is 0 Å². The first kappa shape index (κ1) is 19.8. The predicted octanol–water partition coefficient (Wildman–Crippen LogP) is 1.15. The third-order valence-electron chi connectivity index (χ3n) is 4.37. The van der Waals surface area contributed by atoms with E-state index >= 15 is 0 Å². The SMILES string of the molecule is CCNC(=NCC(=O)NCc1ccccc1)N1CCC(C(=O)OC)CC1. The molecule has 1 aliphatic heterocycles. The molecule has 142 valence electrons. The lowest BCUT2D eigenvalue weighted by molar-refractivity contribution is -0.146. The highest BCUT2D eigenvalue weighted by Gasteiger charge is 2.27. The van der Waals surface area contributed by atoms with Gasteiger partial charge in [0.15, 0.2) is 5.96 Å². The molecule has 1 aliphatic rings. The summed E-state index contributed by atoms with van der Waals surface area (Å²) in [5.74, 6) is 0.402. The minimum atomic E-state index is -0.146. The third kappa shape index (κ3) is 6.06. The van der Waals surface area contributed by atoms with Crippen molar-refractivity contribution in [1.29, 1.82) is 0 Å². The largest absolute Gasteiger partial charge is 0.469 e. The zero-order valence-corrected chi connectivity index (χ0v) is 15.5. The number of ether oxygens (including phenoxy) is 1. The summed E-state index contributed by atoms with van der Waals surface area (Å²) in [5.41, 5.74) is 1.06. The second-order valence-electron chi connectivity index (χ2n) is 6.22. The van der Waals surface area contributed by atoms with Crippen molar-refractivity contribution in [2.24, 2.45) is 10.9 Å². The van der Waals surface area contributed by atoms with Crippen LogP contribution in [0.1, 0.15) is 25.3 Å². The molecular weight excluding hydrogens is 332 g/mol. The summed E-state index contributed by atoms with van der Waals surface area (Å²) in [7, 11) is 1.42. The molecular formula is C19H28N4O3. The van der Waals surface area contributed by atoms with Gasteiger partial charge in [-0.1, -0.05) is 30.3 Å². The van der Waals surface area contributed by atoms with Crippen LogP contribution >= 0.6 is 0 Å². The topological polar surface area (TPSA) is 83.0 Å². The summed E-state index contributed by atoms with van der Waals surface area (Å²) in [6.45, 7) is 4.73. The summed E-state index contributed by atoms with van der Waals surface area (Å²) >= 11 is 0. The van der Waals surface area contributed by atoms with E-state index in [1.807, 2.05) is 37.3 Å². The number of hydrogen-bond acceptors (Lipinski definition) is 4. The van der Waals surface area contributed by atoms with Crippen LogP contribution in [0.15, 0.2) is 35.3 Å². The van der Waals surface area contributed by atoms with E-state index in [9.17, 15) is 9.59 Å². The molecule has 1 saturated heterocycles. The molecule has 2 rings (SSSR count). The Morgan fingerprint density at radius 3 is 2.50 bits per heavy atom. The minimum Gasteiger partial charge on any atom is -0.469 e. The fourth-order valence-corrected chi connectivity index (χ4v) is 2.92. The van der Waals surface area contributed by atoms with Crippen molar-refractivity contribution < 1.29 is 14.3 Å². The number of rotatable bonds is 6. The standard InChI is InChI=1S/C19H28N4O3/c1-3-20-19(23-11-9-16(10-12-23)18(25)26-2)22-14-17(24)21-13-15-7-5-4-6-8-15/h4-8,16H,3,9-14H2,1-2H3,(H,20,22)(H,21,24). The molecule has 26 heavy (non-hydrogen) atoms. The molecule has 0 unspecified atom stereocenters. The summed E-state index contributed by atoms with van der Waals surface area (Å²) in [6.07, 6.45) is 1.47. The molecule has 1 heterocycles. The number of benzene rings is 1. The van der Waals surface area contributed by atoms with Gasteiger partial charge in [-0.25, -0.2) is 4.99 Å². The van der Waals surface area contributed by atoms with E-state index < -0.39 is 0 Å². The average Bonchev–Trinajstić information content (AvgIpc) is 2.70. The Kier molecular flexibility index (Phi) is 7.92. The molecule has 7 heteroatoms. The van der Waals surface area contributed by atoms with Crippen LogP contribution in [0.25, 0.3) is 0 Å². The van der Waals surface area contributed by atoms with E-state index in [0.717, 1.165) is 38.0 Å². The summed E-state index contributed by atoms with van der Waals surface area (Å²) in [6, 6.07) is 9.78. The van der Waals surface area contributed by atoms with Crippen LogP contribution in [-0.4, -0.2) is 56.0 Å². The molecule has 7 nitrogen and oxygen atoms in total. The van der Waals surface area contributed by atoms with E-state index in [1.54, 1.807) is 0 Å². The first-order chi connectivity index (χ1) is 12.6. The third-order valence-corrected chi connectivity index (χ3v) is 4.37. The van der Waals surface area contributed by atoms with Crippen LogP contribution in [0.2, 0.25) is 0 Å². The molecule has 0 bridgehead atoms. The predicted molar refractivity (Wildman–Crippen MR) is 101 cm³/mol. The maximum Gasteiger partial charge on any atom is 0.308 e. The van der Waals surface area contributed by atoms with Crippen molar-refractivity contribution in [2.45, 2.75) is 26.3 Å². The van der Waals surface area contributed by atoms with Crippen LogP contribution < -0.4 is 10.6 Å². The van der Waals surface area contributed by atoms with E-state index in [-0.39, 0.29) is 24.3 Å². The number of carbonyl (C=O) groups is 2. The van der Waals surface area contributed by atoms with Crippen molar-refractivity contribution in [2.75, 3.05) is 33.3 Å². The average molecular weight is 360 g/mol. The van der Waals surface area contributed by atoms with Crippen LogP contribution in [0.5, 0.6) is 0 Å². The Morgan fingerprint density at radius 2 is 1.88 bits per heavy atom. The fourth-order valence-electron chi connectivity index (χ4n) is 2.92. The maximum atomic E-state index is 12.1. The first-order valence-corrected chi connectivity index (χ1v) is 9.05. The van der Waals surface area contributed by atoms with Crippen LogP contribution in [-0.2, 0) is 20.9 Å². The highest BCUT2D eigenvalue weighted by molar-refractivity contribution is 5.85. The lowest BCUT2D eigenvalue weighted by atomic mass is 9.97. The van der Waals surface area contributed by atoms with Crippen molar-refractivity contribution in [3.63, 3.8) is 0 Å². The fraction of sp³-hybridized carbons (Fsp3) is 0.526. The van der Waals surface area contributed by atoms with Gasteiger partial charge in [0.1, 0.15) is 6.54 Å². The van der Waals surface area contributed by atoms with Gasteiger partial charge in [-0.15, -0.1) is 0 Å². The molecule has 0 spiro atoms. The number of methoxy groups -OCH3 is 1. The molecule has 0 atom stereocenters. The summed E-state index contributed by atoms with van der Waals surface area (Å²) < 4.78 is 4.82. The molecule has 0 radical (unpaired) electrons. The van der Waals surface area contributed by atoms with E-state index in [2.05, 4.69) is 20.5 Å². The Balaban J connectivity index is 1.84. The number of piperidine rings is 1. The van der Waals surface area contributed by atoms with Crippen LogP contribution in [0.4, 0.5) is 0 Å².